The fourth-order valence-electron chi connectivity index (χ4n) is 3.35. The van der Waals surface area contributed by atoms with Crippen LogP contribution in [0.4, 0.5) is 11.5 Å². The minimum Gasteiger partial charge on any atom is -0.494 e. The van der Waals surface area contributed by atoms with Crippen LogP contribution in [0.2, 0.25) is 0 Å². The van der Waals surface area contributed by atoms with Crippen molar-refractivity contribution in [3.8, 4) is 5.75 Å². The molecular weight excluding hydrogens is 410 g/mol. The summed E-state index contributed by atoms with van der Waals surface area (Å²) in [6.45, 7) is 6.44. The maximum atomic E-state index is 12.9. The Bertz CT molecular complexity index is 867. The lowest BCUT2D eigenvalue weighted by Crippen LogP contribution is -2.45. The van der Waals surface area contributed by atoms with Crippen molar-refractivity contribution in [2.24, 2.45) is 0 Å². The van der Waals surface area contributed by atoms with Gasteiger partial charge in [0, 0.05) is 38.1 Å². The van der Waals surface area contributed by atoms with Gasteiger partial charge in [0.05, 0.1) is 12.2 Å². The van der Waals surface area contributed by atoms with Crippen LogP contribution in [-0.2, 0) is 0 Å². The second-order valence-corrected chi connectivity index (χ2v) is 8.06. The fraction of sp³-hybridized carbons (Fsp3) is 0.435. The molecule has 1 fully saturated rings. The van der Waals surface area contributed by atoms with E-state index in [1.807, 2.05) is 24.3 Å². The molecule has 166 valence electrons. The predicted octanol–water partition coefficient (Wildman–Crippen LogP) is 3.53. The molecule has 7 nitrogen and oxygen atoms in total. The molecule has 0 saturated carbocycles. The third-order valence-electron chi connectivity index (χ3n) is 5.19. The molecule has 2 N–H and O–H groups in total. The molecule has 0 spiro atoms. The number of anilines is 2. The molecule has 1 aliphatic rings. The minimum atomic E-state index is -0.268. The molecule has 0 radical (unpaired) electrons. The molecule has 0 bridgehead atoms. The first-order valence-electron chi connectivity index (χ1n) is 10.8. The summed E-state index contributed by atoms with van der Waals surface area (Å²) in [7, 11) is 2.10. The van der Waals surface area contributed by atoms with Gasteiger partial charge in [-0.05, 0) is 62.1 Å². The van der Waals surface area contributed by atoms with E-state index < -0.39 is 0 Å². The summed E-state index contributed by atoms with van der Waals surface area (Å²) in [6.07, 6.45) is 5.11. The van der Waals surface area contributed by atoms with E-state index in [-0.39, 0.29) is 11.0 Å². The Labute approximate surface area is 189 Å². The van der Waals surface area contributed by atoms with E-state index in [1.165, 1.54) is 12.8 Å². The number of rotatable bonds is 8. The highest BCUT2D eigenvalue weighted by atomic mass is 32.1. The number of piperazine rings is 1. The van der Waals surface area contributed by atoms with E-state index in [2.05, 4.69) is 39.4 Å². The summed E-state index contributed by atoms with van der Waals surface area (Å²) in [5.41, 5.74) is 1.31. The standard InChI is InChI=1S/C23H31N5O2S/c1-3-4-5-17-30-19-10-8-18(9-11-19)25-23(31)26-22(29)20-7-6-12-24-21(20)28-15-13-27(2)14-16-28/h6-12H,3-5,13-17H2,1-2H3,(H2,25,26,29,31). The zero-order valence-corrected chi connectivity index (χ0v) is 19.1. The third kappa shape index (κ3) is 6.90. The summed E-state index contributed by atoms with van der Waals surface area (Å²) in [4.78, 5) is 21.7. The molecule has 1 aromatic carbocycles. The first-order valence-corrected chi connectivity index (χ1v) is 11.2. The summed E-state index contributed by atoms with van der Waals surface area (Å²) in [5, 5.41) is 6.07. The molecule has 1 saturated heterocycles. The average molecular weight is 442 g/mol. The van der Waals surface area contributed by atoms with Crippen molar-refractivity contribution in [1.29, 1.82) is 0 Å². The van der Waals surface area contributed by atoms with Crippen molar-refractivity contribution < 1.29 is 9.53 Å². The van der Waals surface area contributed by atoms with E-state index in [1.54, 1.807) is 18.3 Å². The highest BCUT2D eigenvalue weighted by molar-refractivity contribution is 7.80. The Morgan fingerprint density at radius 2 is 1.87 bits per heavy atom. The van der Waals surface area contributed by atoms with Gasteiger partial charge in [-0.15, -0.1) is 0 Å². The number of likely N-dealkylation sites (N-methyl/N-ethyl adjacent to an activating group) is 1. The lowest BCUT2D eigenvalue weighted by Gasteiger charge is -2.34. The molecule has 2 heterocycles. The first-order chi connectivity index (χ1) is 15.1. The number of carbonyl (C=O) groups excluding carboxylic acids is 1. The minimum absolute atomic E-state index is 0.245. The van der Waals surface area contributed by atoms with Crippen LogP contribution in [0.15, 0.2) is 42.6 Å². The number of nitrogens with one attached hydrogen (secondary N) is 2. The van der Waals surface area contributed by atoms with E-state index in [9.17, 15) is 4.79 Å². The van der Waals surface area contributed by atoms with Gasteiger partial charge in [-0.2, -0.15) is 0 Å². The first kappa shape index (κ1) is 23.0. The molecule has 8 heteroatoms. The Morgan fingerprint density at radius 3 is 2.58 bits per heavy atom. The van der Waals surface area contributed by atoms with E-state index in [0.29, 0.717) is 11.4 Å². The van der Waals surface area contributed by atoms with Crippen molar-refractivity contribution in [2.45, 2.75) is 26.2 Å². The highest BCUT2D eigenvalue weighted by Crippen LogP contribution is 2.19. The van der Waals surface area contributed by atoms with Crippen LogP contribution in [0.3, 0.4) is 0 Å². The van der Waals surface area contributed by atoms with Gasteiger partial charge in [0.2, 0.25) is 0 Å². The van der Waals surface area contributed by atoms with Gasteiger partial charge >= 0.3 is 0 Å². The average Bonchev–Trinajstić information content (AvgIpc) is 2.78. The van der Waals surface area contributed by atoms with Gasteiger partial charge in [0.25, 0.3) is 5.91 Å². The largest absolute Gasteiger partial charge is 0.494 e. The topological polar surface area (TPSA) is 69.7 Å². The number of benzene rings is 1. The van der Waals surface area contributed by atoms with Crippen molar-refractivity contribution in [3.63, 3.8) is 0 Å². The summed E-state index contributed by atoms with van der Waals surface area (Å²) >= 11 is 5.34. The smallest absolute Gasteiger partial charge is 0.261 e. The summed E-state index contributed by atoms with van der Waals surface area (Å²) < 4.78 is 5.72. The normalized spacial score (nSPS) is 14.2. The number of pyridine rings is 1. The SMILES string of the molecule is CCCCCOc1ccc(NC(=S)NC(=O)c2cccnc2N2CCN(C)CC2)cc1. The molecule has 1 aliphatic heterocycles. The number of thiocarbonyl (C=S) groups is 1. The van der Waals surface area contributed by atoms with E-state index in [4.69, 9.17) is 17.0 Å². The van der Waals surface area contributed by atoms with Crippen molar-refractivity contribution >= 4 is 34.7 Å². The monoisotopic (exact) mass is 441 g/mol. The molecular formula is C23H31N5O2S. The Balaban J connectivity index is 1.55. The van der Waals surface area contributed by atoms with Gasteiger partial charge in [-0.1, -0.05) is 19.8 Å². The Hall–Kier alpha value is -2.71. The number of aromatic nitrogens is 1. The molecule has 0 aliphatic carbocycles. The van der Waals surface area contributed by atoms with Crippen molar-refractivity contribution in [2.75, 3.05) is 50.1 Å². The van der Waals surface area contributed by atoms with Crippen molar-refractivity contribution in [1.82, 2.24) is 15.2 Å². The third-order valence-corrected chi connectivity index (χ3v) is 5.39. The van der Waals surface area contributed by atoms with Crippen LogP contribution in [0.25, 0.3) is 0 Å². The fourth-order valence-corrected chi connectivity index (χ4v) is 3.56. The van der Waals surface area contributed by atoms with Crippen LogP contribution >= 0.6 is 12.2 Å². The van der Waals surface area contributed by atoms with Crippen LogP contribution in [0.1, 0.15) is 36.5 Å². The van der Waals surface area contributed by atoms with Crippen molar-refractivity contribution in [3.05, 3.63) is 48.2 Å². The molecule has 3 rings (SSSR count). The van der Waals surface area contributed by atoms with Crippen LogP contribution in [0.5, 0.6) is 5.75 Å². The Morgan fingerprint density at radius 1 is 1.13 bits per heavy atom. The zero-order chi connectivity index (χ0) is 22.1. The second-order valence-electron chi connectivity index (χ2n) is 7.65. The van der Waals surface area contributed by atoms with Gasteiger partial charge in [-0.3, -0.25) is 10.1 Å². The molecule has 1 aromatic heterocycles. The molecule has 1 amide bonds. The summed E-state index contributed by atoms with van der Waals surface area (Å²) in [5.74, 6) is 1.25. The van der Waals surface area contributed by atoms with Crippen LogP contribution < -0.4 is 20.3 Å². The molecule has 0 unspecified atom stereocenters. The lowest BCUT2D eigenvalue weighted by molar-refractivity contribution is 0.0977. The number of ether oxygens (including phenoxy) is 1. The Kier molecular flexibility index (Phi) is 8.61. The predicted molar refractivity (Wildman–Crippen MR) is 129 cm³/mol. The highest BCUT2D eigenvalue weighted by Gasteiger charge is 2.21. The number of unbranched alkanes of at least 4 members (excludes halogenated alkanes) is 2. The number of carbonyl (C=O) groups is 1. The van der Waals surface area contributed by atoms with E-state index in [0.717, 1.165) is 50.6 Å². The van der Waals surface area contributed by atoms with Gasteiger partial charge < -0.3 is 19.9 Å². The number of hydrogen-bond acceptors (Lipinski definition) is 6. The molecule has 31 heavy (non-hydrogen) atoms. The van der Waals surface area contributed by atoms with Crippen LogP contribution in [-0.4, -0.2) is 60.7 Å². The molecule has 0 atom stereocenters. The zero-order valence-electron chi connectivity index (χ0n) is 18.3. The number of nitrogens with zero attached hydrogens (tertiary/aromatic N) is 3. The lowest BCUT2D eigenvalue weighted by atomic mass is 10.2. The van der Waals surface area contributed by atoms with Crippen LogP contribution in [0, 0.1) is 0 Å². The maximum Gasteiger partial charge on any atom is 0.261 e. The second kappa shape index (κ2) is 11.6. The van der Waals surface area contributed by atoms with Gasteiger partial charge in [-0.25, -0.2) is 4.98 Å². The number of amides is 1. The van der Waals surface area contributed by atoms with E-state index >= 15 is 0 Å². The summed E-state index contributed by atoms with van der Waals surface area (Å²) in [6, 6.07) is 11.1. The maximum absolute atomic E-state index is 12.9. The van der Waals surface area contributed by atoms with Gasteiger partial charge in [0.15, 0.2) is 5.11 Å². The quantitative estimate of drug-likeness (QED) is 0.480. The number of hydrogen-bond donors (Lipinski definition) is 2. The molecule has 2 aromatic rings. The van der Waals surface area contributed by atoms with Gasteiger partial charge in [0.1, 0.15) is 11.6 Å².